The van der Waals surface area contributed by atoms with Gasteiger partial charge in [-0.2, -0.15) is 17.0 Å². The first-order valence-electron chi connectivity index (χ1n) is 6.49. The van der Waals surface area contributed by atoms with Gasteiger partial charge in [0.05, 0.1) is 13.2 Å². The van der Waals surface area contributed by atoms with Gasteiger partial charge in [-0.25, -0.2) is 0 Å². The standard InChI is InChI=1S/C11H21BrN2O3S/c1-10(12)11-2-4-13(5-3-11)18(15,16)14-6-8-17-9-7-14/h10-11H,2-9H2,1H3. The van der Waals surface area contributed by atoms with Crippen LogP contribution in [0.4, 0.5) is 0 Å². The Morgan fingerprint density at radius 2 is 1.61 bits per heavy atom. The van der Waals surface area contributed by atoms with E-state index in [9.17, 15) is 8.42 Å². The second-order valence-corrected chi connectivity index (χ2v) is 8.31. The highest BCUT2D eigenvalue weighted by Gasteiger charge is 2.34. The molecule has 106 valence electrons. The predicted octanol–water partition coefficient (Wildman–Crippen LogP) is 1.06. The average molecular weight is 341 g/mol. The minimum absolute atomic E-state index is 0.464. The Kier molecular flexibility index (Phi) is 5.05. The fourth-order valence-electron chi connectivity index (χ4n) is 2.51. The van der Waals surface area contributed by atoms with E-state index < -0.39 is 10.2 Å². The van der Waals surface area contributed by atoms with Gasteiger partial charge in [0, 0.05) is 31.0 Å². The molecule has 0 aromatic rings. The fourth-order valence-corrected chi connectivity index (χ4v) is 4.64. The molecule has 1 atom stereocenters. The second kappa shape index (κ2) is 6.17. The van der Waals surface area contributed by atoms with Gasteiger partial charge >= 0.3 is 0 Å². The molecule has 2 rings (SSSR count). The van der Waals surface area contributed by atoms with Crippen molar-refractivity contribution in [2.24, 2.45) is 5.92 Å². The third-order valence-electron chi connectivity index (χ3n) is 3.77. The normalized spacial score (nSPS) is 27.2. The maximum absolute atomic E-state index is 12.4. The largest absolute Gasteiger partial charge is 0.379 e. The molecule has 0 amide bonds. The van der Waals surface area contributed by atoms with Crippen molar-refractivity contribution in [2.45, 2.75) is 24.6 Å². The van der Waals surface area contributed by atoms with Gasteiger partial charge in [0.15, 0.2) is 0 Å². The molecule has 0 saturated carbocycles. The lowest BCUT2D eigenvalue weighted by Crippen LogP contribution is -2.51. The van der Waals surface area contributed by atoms with Crippen LogP contribution in [0.5, 0.6) is 0 Å². The van der Waals surface area contributed by atoms with Crippen LogP contribution in [0.3, 0.4) is 0 Å². The van der Waals surface area contributed by atoms with Gasteiger partial charge in [0.25, 0.3) is 10.2 Å². The highest BCUT2D eigenvalue weighted by atomic mass is 79.9. The number of hydrogen-bond acceptors (Lipinski definition) is 3. The summed E-state index contributed by atoms with van der Waals surface area (Å²) in [4.78, 5) is 0.464. The van der Waals surface area contributed by atoms with Crippen LogP contribution in [0.15, 0.2) is 0 Å². The lowest BCUT2D eigenvalue weighted by atomic mass is 9.96. The molecular formula is C11H21BrN2O3S. The van der Waals surface area contributed by atoms with E-state index in [0.29, 0.717) is 50.1 Å². The summed E-state index contributed by atoms with van der Waals surface area (Å²) >= 11 is 3.59. The Morgan fingerprint density at radius 1 is 1.11 bits per heavy atom. The van der Waals surface area contributed by atoms with Crippen LogP contribution in [-0.2, 0) is 14.9 Å². The van der Waals surface area contributed by atoms with Crippen molar-refractivity contribution >= 4 is 26.1 Å². The van der Waals surface area contributed by atoms with Crippen molar-refractivity contribution in [3.8, 4) is 0 Å². The molecular weight excluding hydrogens is 320 g/mol. The molecule has 2 aliphatic rings. The Morgan fingerprint density at radius 3 is 2.11 bits per heavy atom. The van der Waals surface area contributed by atoms with Gasteiger partial charge in [-0.05, 0) is 18.8 Å². The number of hydrogen-bond donors (Lipinski definition) is 0. The highest BCUT2D eigenvalue weighted by molar-refractivity contribution is 9.09. The van der Waals surface area contributed by atoms with Crippen LogP contribution in [0.2, 0.25) is 0 Å². The van der Waals surface area contributed by atoms with E-state index in [0.717, 1.165) is 12.8 Å². The van der Waals surface area contributed by atoms with Crippen molar-refractivity contribution in [1.29, 1.82) is 0 Å². The molecule has 2 saturated heterocycles. The third-order valence-corrected chi connectivity index (χ3v) is 6.55. The molecule has 0 radical (unpaired) electrons. The van der Waals surface area contributed by atoms with Crippen LogP contribution >= 0.6 is 15.9 Å². The van der Waals surface area contributed by atoms with Crippen molar-refractivity contribution in [2.75, 3.05) is 39.4 Å². The molecule has 0 aromatic carbocycles. The topological polar surface area (TPSA) is 49.9 Å². The van der Waals surface area contributed by atoms with E-state index in [1.54, 1.807) is 8.61 Å². The molecule has 2 aliphatic heterocycles. The number of ether oxygens (including phenoxy) is 1. The van der Waals surface area contributed by atoms with Gasteiger partial charge < -0.3 is 4.74 Å². The molecule has 1 unspecified atom stereocenters. The smallest absolute Gasteiger partial charge is 0.282 e. The third kappa shape index (κ3) is 3.25. The number of alkyl halides is 1. The molecule has 5 nitrogen and oxygen atoms in total. The maximum Gasteiger partial charge on any atom is 0.282 e. The van der Waals surface area contributed by atoms with Gasteiger partial charge in [-0.3, -0.25) is 0 Å². The van der Waals surface area contributed by atoms with Gasteiger partial charge in [0.2, 0.25) is 0 Å². The fraction of sp³-hybridized carbons (Fsp3) is 1.00. The predicted molar refractivity (Wildman–Crippen MR) is 74.0 cm³/mol. The molecule has 0 spiro atoms. The summed E-state index contributed by atoms with van der Waals surface area (Å²) in [6.07, 6.45) is 1.88. The molecule has 0 bridgehead atoms. The molecule has 7 heteroatoms. The second-order valence-electron chi connectivity index (χ2n) is 4.93. The minimum Gasteiger partial charge on any atom is -0.379 e. The molecule has 0 N–H and O–H groups in total. The monoisotopic (exact) mass is 340 g/mol. The number of halogens is 1. The molecule has 2 heterocycles. The molecule has 2 fully saturated rings. The van der Waals surface area contributed by atoms with Crippen LogP contribution in [0.1, 0.15) is 19.8 Å². The highest BCUT2D eigenvalue weighted by Crippen LogP contribution is 2.27. The summed E-state index contributed by atoms with van der Waals surface area (Å²) in [7, 11) is -3.26. The summed E-state index contributed by atoms with van der Waals surface area (Å²) in [6.45, 7) is 5.40. The SMILES string of the molecule is CC(Br)C1CCN(S(=O)(=O)N2CCOCC2)CC1. The average Bonchev–Trinajstić information content (AvgIpc) is 2.40. The summed E-state index contributed by atoms with van der Waals surface area (Å²) in [5, 5.41) is 0. The van der Waals surface area contributed by atoms with E-state index >= 15 is 0 Å². The maximum atomic E-state index is 12.4. The molecule has 0 aliphatic carbocycles. The van der Waals surface area contributed by atoms with Crippen LogP contribution in [-0.4, -0.2) is 61.2 Å². The number of morpholine rings is 1. The number of nitrogens with zero attached hydrogens (tertiary/aromatic N) is 2. The zero-order valence-corrected chi connectivity index (χ0v) is 13.1. The Balaban J connectivity index is 1.95. The quantitative estimate of drug-likeness (QED) is 0.722. The van der Waals surface area contributed by atoms with Crippen molar-refractivity contribution in [3.63, 3.8) is 0 Å². The van der Waals surface area contributed by atoms with Crippen molar-refractivity contribution in [1.82, 2.24) is 8.61 Å². The Bertz CT molecular complexity index is 360. The lowest BCUT2D eigenvalue weighted by Gasteiger charge is -2.36. The summed E-state index contributed by atoms with van der Waals surface area (Å²) in [5.74, 6) is 0.584. The summed E-state index contributed by atoms with van der Waals surface area (Å²) < 4.78 is 33.2. The van der Waals surface area contributed by atoms with Gasteiger partial charge in [-0.15, -0.1) is 0 Å². The zero-order valence-electron chi connectivity index (χ0n) is 10.7. The molecule has 0 aromatic heterocycles. The number of rotatable bonds is 3. The van der Waals surface area contributed by atoms with Crippen molar-refractivity contribution < 1.29 is 13.2 Å². The van der Waals surface area contributed by atoms with Gasteiger partial charge in [0.1, 0.15) is 0 Å². The lowest BCUT2D eigenvalue weighted by molar-refractivity contribution is 0.0693. The van der Waals surface area contributed by atoms with E-state index in [1.165, 1.54) is 0 Å². The first-order valence-corrected chi connectivity index (χ1v) is 8.80. The number of piperidine rings is 1. The van der Waals surface area contributed by atoms with E-state index in [2.05, 4.69) is 22.9 Å². The Hall–Kier alpha value is 0.310. The Labute approximate surface area is 118 Å². The van der Waals surface area contributed by atoms with Gasteiger partial charge in [-0.1, -0.05) is 22.9 Å². The molecule has 18 heavy (non-hydrogen) atoms. The van der Waals surface area contributed by atoms with Crippen LogP contribution < -0.4 is 0 Å². The zero-order chi connectivity index (χ0) is 13.2. The van der Waals surface area contributed by atoms with Crippen LogP contribution in [0, 0.1) is 5.92 Å². The first-order chi connectivity index (χ1) is 8.51. The first kappa shape index (κ1) is 14.7. The minimum atomic E-state index is -3.26. The summed E-state index contributed by atoms with van der Waals surface area (Å²) in [5.41, 5.74) is 0. The van der Waals surface area contributed by atoms with Crippen molar-refractivity contribution in [3.05, 3.63) is 0 Å². The van der Waals surface area contributed by atoms with E-state index in [1.807, 2.05) is 0 Å². The van der Waals surface area contributed by atoms with Crippen LogP contribution in [0.25, 0.3) is 0 Å². The van der Waals surface area contributed by atoms with E-state index in [-0.39, 0.29) is 0 Å². The van der Waals surface area contributed by atoms with E-state index in [4.69, 9.17) is 4.74 Å². The summed E-state index contributed by atoms with van der Waals surface area (Å²) in [6, 6.07) is 0.